The van der Waals surface area contributed by atoms with E-state index in [1.807, 2.05) is 12.1 Å². The predicted octanol–water partition coefficient (Wildman–Crippen LogP) is 2.81. The number of fused-ring (bicyclic) bond motifs is 2. The third-order valence-electron chi connectivity index (χ3n) is 4.77. The Bertz CT molecular complexity index is 505. The van der Waals surface area contributed by atoms with Gasteiger partial charge >= 0.3 is 5.97 Å². The second-order valence-corrected chi connectivity index (χ2v) is 6.42. The van der Waals surface area contributed by atoms with Gasteiger partial charge < -0.3 is 15.2 Å². The molecule has 2 N–H and O–H groups in total. The molecule has 1 aromatic carbocycles. The fourth-order valence-electron chi connectivity index (χ4n) is 3.87. The van der Waals surface area contributed by atoms with E-state index < -0.39 is 5.97 Å². The summed E-state index contributed by atoms with van der Waals surface area (Å²) in [5, 5.41) is 13.5. The van der Waals surface area contributed by atoms with Crippen molar-refractivity contribution in [2.45, 2.75) is 25.3 Å². The van der Waals surface area contributed by atoms with E-state index in [1.54, 1.807) is 12.1 Å². The summed E-state index contributed by atoms with van der Waals surface area (Å²) in [6, 6.07) is 7.36. The van der Waals surface area contributed by atoms with Crippen molar-refractivity contribution in [1.82, 2.24) is 5.32 Å². The average molecular weight is 310 g/mol. The minimum atomic E-state index is -0.654. The molecule has 0 saturated heterocycles. The summed E-state index contributed by atoms with van der Waals surface area (Å²) in [4.78, 5) is 11.4. The first-order valence-electron chi connectivity index (χ1n) is 7.49. The highest BCUT2D eigenvalue weighted by atomic mass is 35.5. The Morgan fingerprint density at radius 1 is 1.29 bits per heavy atom. The van der Waals surface area contributed by atoms with Crippen LogP contribution < -0.4 is 10.1 Å². The molecule has 0 aromatic heterocycles. The second-order valence-electron chi connectivity index (χ2n) is 5.98. The summed E-state index contributed by atoms with van der Waals surface area (Å²) in [6.07, 6.45) is 3.29. The van der Waals surface area contributed by atoms with Crippen molar-refractivity contribution < 1.29 is 14.6 Å². The summed E-state index contributed by atoms with van der Waals surface area (Å²) in [5.74, 6) is 0.787. The molecule has 0 heterocycles. The van der Waals surface area contributed by atoms with Crippen LogP contribution in [0.1, 0.15) is 19.3 Å². The number of carbonyl (C=O) groups is 1. The summed E-state index contributed by atoms with van der Waals surface area (Å²) < 4.78 is 5.63. The SMILES string of the molecule is O=C(O)C1C2CCC(C2)C1NCCOc1ccc(Cl)cc1. The fourth-order valence-corrected chi connectivity index (χ4v) is 3.99. The van der Waals surface area contributed by atoms with Crippen LogP contribution in [0, 0.1) is 17.8 Å². The van der Waals surface area contributed by atoms with Gasteiger partial charge in [0.25, 0.3) is 0 Å². The first-order valence-corrected chi connectivity index (χ1v) is 7.87. The zero-order valence-electron chi connectivity index (χ0n) is 11.8. The molecule has 2 saturated carbocycles. The first-order chi connectivity index (χ1) is 10.1. The lowest BCUT2D eigenvalue weighted by atomic mass is 9.84. The van der Waals surface area contributed by atoms with Crippen LogP contribution in [0.4, 0.5) is 0 Å². The minimum Gasteiger partial charge on any atom is -0.492 e. The standard InChI is InChI=1S/C16H20ClNO3/c17-12-3-5-13(6-4-12)21-8-7-18-15-11-2-1-10(9-11)14(15)16(19)20/h3-6,10-11,14-15,18H,1-2,7-9H2,(H,19,20). The maximum atomic E-state index is 11.4. The lowest BCUT2D eigenvalue weighted by molar-refractivity contribution is -0.144. The Labute approximate surface area is 129 Å². The van der Waals surface area contributed by atoms with Crippen molar-refractivity contribution in [1.29, 1.82) is 0 Å². The Kier molecular flexibility index (Phi) is 4.36. The van der Waals surface area contributed by atoms with Gasteiger partial charge in [-0.3, -0.25) is 4.79 Å². The van der Waals surface area contributed by atoms with Crippen LogP contribution in [0.25, 0.3) is 0 Å². The zero-order valence-corrected chi connectivity index (χ0v) is 12.6. The van der Waals surface area contributed by atoms with E-state index in [2.05, 4.69) is 5.32 Å². The summed E-state index contributed by atoms with van der Waals surface area (Å²) in [5.41, 5.74) is 0. The number of ether oxygens (including phenoxy) is 1. The lowest BCUT2D eigenvalue weighted by Gasteiger charge is -2.29. The Balaban J connectivity index is 1.46. The highest BCUT2D eigenvalue weighted by Gasteiger charge is 2.50. The lowest BCUT2D eigenvalue weighted by Crippen LogP contribution is -2.45. The van der Waals surface area contributed by atoms with Crippen molar-refractivity contribution >= 4 is 17.6 Å². The van der Waals surface area contributed by atoms with Crippen LogP contribution in [0.5, 0.6) is 5.75 Å². The Hall–Kier alpha value is -1.26. The number of halogens is 1. The molecule has 4 atom stereocenters. The molecule has 2 fully saturated rings. The van der Waals surface area contributed by atoms with Crippen molar-refractivity contribution in [3.05, 3.63) is 29.3 Å². The molecule has 5 heteroatoms. The maximum Gasteiger partial charge on any atom is 0.308 e. The van der Waals surface area contributed by atoms with E-state index in [4.69, 9.17) is 16.3 Å². The number of aliphatic carboxylic acids is 1. The van der Waals surface area contributed by atoms with Gasteiger partial charge in [0.1, 0.15) is 12.4 Å². The molecular formula is C16H20ClNO3. The van der Waals surface area contributed by atoms with Crippen LogP contribution in [-0.4, -0.2) is 30.3 Å². The molecular weight excluding hydrogens is 290 g/mol. The molecule has 0 spiro atoms. The average Bonchev–Trinajstić information content (AvgIpc) is 3.06. The van der Waals surface area contributed by atoms with Gasteiger partial charge in [0.15, 0.2) is 0 Å². The number of carboxylic acids is 1. The van der Waals surface area contributed by atoms with Crippen molar-refractivity contribution in [2.75, 3.05) is 13.2 Å². The van der Waals surface area contributed by atoms with Gasteiger partial charge in [-0.1, -0.05) is 11.6 Å². The summed E-state index contributed by atoms with van der Waals surface area (Å²) in [6.45, 7) is 1.20. The highest BCUT2D eigenvalue weighted by molar-refractivity contribution is 6.30. The third-order valence-corrected chi connectivity index (χ3v) is 5.02. The monoisotopic (exact) mass is 309 g/mol. The summed E-state index contributed by atoms with van der Waals surface area (Å²) >= 11 is 5.82. The van der Waals surface area contributed by atoms with E-state index in [1.165, 1.54) is 0 Å². The first kappa shape index (κ1) is 14.7. The molecule has 0 aliphatic heterocycles. The quantitative estimate of drug-likeness (QED) is 0.793. The Morgan fingerprint density at radius 3 is 2.71 bits per heavy atom. The predicted molar refractivity (Wildman–Crippen MR) is 80.7 cm³/mol. The highest BCUT2D eigenvalue weighted by Crippen LogP contribution is 2.48. The molecule has 2 aliphatic rings. The number of hydrogen-bond donors (Lipinski definition) is 2. The van der Waals surface area contributed by atoms with E-state index >= 15 is 0 Å². The van der Waals surface area contributed by atoms with E-state index in [0.29, 0.717) is 30.0 Å². The van der Waals surface area contributed by atoms with Gasteiger partial charge in [-0.2, -0.15) is 0 Å². The third kappa shape index (κ3) is 3.16. The smallest absolute Gasteiger partial charge is 0.308 e. The van der Waals surface area contributed by atoms with Gasteiger partial charge in [0.05, 0.1) is 5.92 Å². The number of carboxylic acid groups (broad SMARTS) is 1. The van der Waals surface area contributed by atoms with Crippen LogP contribution in [-0.2, 0) is 4.79 Å². The molecule has 114 valence electrons. The van der Waals surface area contributed by atoms with Crippen molar-refractivity contribution in [3.63, 3.8) is 0 Å². The molecule has 1 aromatic rings. The normalized spacial score (nSPS) is 30.5. The molecule has 21 heavy (non-hydrogen) atoms. The second kappa shape index (κ2) is 6.24. The largest absolute Gasteiger partial charge is 0.492 e. The molecule has 0 amide bonds. The van der Waals surface area contributed by atoms with Gasteiger partial charge in [0.2, 0.25) is 0 Å². The Morgan fingerprint density at radius 2 is 2.00 bits per heavy atom. The van der Waals surface area contributed by atoms with Crippen molar-refractivity contribution in [2.24, 2.45) is 17.8 Å². The molecule has 4 unspecified atom stereocenters. The molecule has 4 nitrogen and oxygen atoms in total. The van der Waals surface area contributed by atoms with Gasteiger partial charge in [-0.15, -0.1) is 0 Å². The zero-order chi connectivity index (χ0) is 14.8. The topological polar surface area (TPSA) is 58.6 Å². The van der Waals surface area contributed by atoms with Crippen LogP contribution >= 0.6 is 11.6 Å². The number of benzene rings is 1. The van der Waals surface area contributed by atoms with E-state index in [9.17, 15) is 9.90 Å². The van der Waals surface area contributed by atoms with Crippen molar-refractivity contribution in [3.8, 4) is 5.75 Å². The molecule has 0 radical (unpaired) electrons. The van der Waals surface area contributed by atoms with Gasteiger partial charge in [0, 0.05) is 17.6 Å². The van der Waals surface area contributed by atoms with Gasteiger partial charge in [-0.25, -0.2) is 0 Å². The fraction of sp³-hybridized carbons (Fsp3) is 0.562. The maximum absolute atomic E-state index is 11.4. The minimum absolute atomic E-state index is 0.107. The molecule has 3 rings (SSSR count). The van der Waals surface area contributed by atoms with E-state index in [0.717, 1.165) is 25.0 Å². The number of nitrogens with one attached hydrogen (secondary N) is 1. The molecule has 2 bridgehead atoms. The van der Waals surface area contributed by atoms with Crippen LogP contribution in [0.2, 0.25) is 5.02 Å². The molecule has 2 aliphatic carbocycles. The van der Waals surface area contributed by atoms with Crippen LogP contribution in [0.15, 0.2) is 24.3 Å². The number of rotatable bonds is 6. The number of hydrogen-bond acceptors (Lipinski definition) is 3. The van der Waals surface area contributed by atoms with Gasteiger partial charge in [-0.05, 0) is 55.4 Å². The van der Waals surface area contributed by atoms with E-state index in [-0.39, 0.29) is 12.0 Å². The van der Waals surface area contributed by atoms with Crippen LogP contribution in [0.3, 0.4) is 0 Å². The summed E-state index contributed by atoms with van der Waals surface area (Å²) in [7, 11) is 0.